The van der Waals surface area contributed by atoms with Crippen LogP contribution in [0.15, 0.2) is 84.9 Å². The zero-order chi connectivity index (χ0) is 24.6. The van der Waals surface area contributed by atoms with Crippen molar-refractivity contribution in [1.82, 2.24) is 10.2 Å². The van der Waals surface area contributed by atoms with Crippen LogP contribution in [0.4, 0.5) is 0 Å². The highest BCUT2D eigenvalue weighted by Crippen LogP contribution is 2.29. The van der Waals surface area contributed by atoms with Gasteiger partial charge in [-0.25, -0.2) is 0 Å². The molecule has 0 heterocycles. The van der Waals surface area contributed by atoms with E-state index in [4.69, 9.17) is 0 Å². The maximum absolute atomic E-state index is 13.9. The Bertz CT molecular complexity index is 1070. The molecule has 0 unspecified atom stereocenters. The van der Waals surface area contributed by atoms with Crippen molar-refractivity contribution in [2.45, 2.75) is 70.5 Å². The number of nitrogens with zero attached hydrogens (tertiary/aromatic N) is 1. The van der Waals surface area contributed by atoms with Gasteiger partial charge in [-0.05, 0) is 48.9 Å². The van der Waals surface area contributed by atoms with Gasteiger partial charge in [-0.2, -0.15) is 0 Å². The summed E-state index contributed by atoms with van der Waals surface area (Å²) >= 11 is 0. The van der Waals surface area contributed by atoms with E-state index in [0.29, 0.717) is 13.0 Å². The van der Waals surface area contributed by atoms with Gasteiger partial charge < -0.3 is 10.2 Å². The Labute approximate surface area is 209 Å². The summed E-state index contributed by atoms with van der Waals surface area (Å²) in [6.07, 6.45) is 4.66. The van der Waals surface area contributed by atoms with E-state index >= 15 is 0 Å². The van der Waals surface area contributed by atoms with Crippen LogP contribution in [0, 0.1) is 6.92 Å². The third-order valence-corrected chi connectivity index (χ3v) is 7.25. The van der Waals surface area contributed by atoms with Gasteiger partial charge in [0.25, 0.3) is 0 Å². The fourth-order valence-electron chi connectivity index (χ4n) is 5.04. The van der Waals surface area contributed by atoms with E-state index in [9.17, 15) is 9.59 Å². The molecule has 4 rings (SSSR count). The fourth-order valence-corrected chi connectivity index (χ4v) is 5.04. The third-order valence-electron chi connectivity index (χ3n) is 7.25. The lowest BCUT2D eigenvalue weighted by atomic mass is 9.88. The molecule has 1 aliphatic rings. The summed E-state index contributed by atoms with van der Waals surface area (Å²) in [6, 6.07) is 28.1. The summed E-state index contributed by atoms with van der Waals surface area (Å²) in [7, 11) is 0. The predicted molar refractivity (Wildman–Crippen MR) is 141 cm³/mol. The van der Waals surface area contributed by atoms with Crippen molar-refractivity contribution in [3.63, 3.8) is 0 Å². The Morgan fingerprint density at radius 2 is 1.40 bits per heavy atom. The van der Waals surface area contributed by atoms with Crippen LogP contribution in [0.1, 0.15) is 67.2 Å². The molecule has 182 valence electrons. The summed E-state index contributed by atoms with van der Waals surface area (Å²) < 4.78 is 0. The lowest BCUT2D eigenvalue weighted by Gasteiger charge is -2.31. The van der Waals surface area contributed by atoms with Gasteiger partial charge in [0, 0.05) is 24.9 Å². The topological polar surface area (TPSA) is 49.4 Å². The van der Waals surface area contributed by atoms with Gasteiger partial charge in [0.15, 0.2) is 0 Å². The van der Waals surface area contributed by atoms with E-state index in [-0.39, 0.29) is 23.8 Å². The second-order valence-electron chi connectivity index (χ2n) is 9.69. The highest BCUT2D eigenvalue weighted by Gasteiger charge is 2.30. The van der Waals surface area contributed by atoms with Crippen LogP contribution in [0.5, 0.6) is 0 Å². The summed E-state index contributed by atoms with van der Waals surface area (Å²) in [5.74, 6) is -0.149. The highest BCUT2D eigenvalue weighted by atomic mass is 16.2. The third kappa shape index (κ3) is 6.39. The molecule has 1 atom stereocenters. The molecule has 0 aliphatic heterocycles. The van der Waals surface area contributed by atoms with Crippen molar-refractivity contribution in [3.05, 3.63) is 107 Å². The SMILES string of the molecule is Cc1ccccc1CN(C(=O)CC(c1ccccc1)c1ccccc1)[C@@H](C)C(=O)NC1CCCC1. The maximum Gasteiger partial charge on any atom is 0.242 e. The molecule has 1 N–H and O–H groups in total. The Morgan fingerprint density at radius 3 is 1.97 bits per heavy atom. The largest absolute Gasteiger partial charge is 0.352 e. The van der Waals surface area contributed by atoms with Crippen LogP contribution in [0.3, 0.4) is 0 Å². The first kappa shape index (κ1) is 24.7. The monoisotopic (exact) mass is 468 g/mol. The number of carbonyl (C=O) groups is 2. The highest BCUT2D eigenvalue weighted by molar-refractivity contribution is 5.88. The zero-order valence-corrected chi connectivity index (χ0v) is 20.8. The smallest absolute Gasteiger partial charge is 0.242 e. The zero-order valence-electron chi connectivity index (χ0n) is 20.8. The Hall–Kier alpha value is -3.40. The van der Waals surface area contributed by atoms with Gasteiger partial charge in [-0.1, -0.05) is 97.8 Å². The second kappa shape index (κ2) is 11.8. The van der Waals surface area contributed by atoms with Crippen molar-refractivity contribution in [1.29, 1.82) is 0 Å². The molecule has 0 saturated heterocycles. The molecule has 4 nitrogen and oxygen atoms in total. The van der Waals surface area contributed by atoms with Gasteiger partial charge >= 0.3 is 0 Å². The maximum atomic E-state index is 13.9. The summed E-state index contributed by atoms with van der Waals surface area (Å²) in [5, 5.41) is 3.20. The Kier molecular flexibility index (Phi) is 8.36. The van der Waals surface area contributed by atoms with E-state index in [1.165, 1.54) is 0 Å². The molecule has 35 heavy (non-hydrogen) atoms. The summed E-state index contributed by atoms with van der Waals surface area (Å²) in [6.45, 7) is 4.33. The number of hydrogen-bond donors (Lipinski definition) is 1. The minimum atomic E-state index is -0.546. The lowest BCUT2D eigenvalue weighted by molar-refractivity contribution is -0.141. The second-order valence-corrected chi connectivity index (χ2v) is 9.69. The molecular formula is C31H36N2O2. The number of rotatable bonds is 9. The quantitative estimate of drug-likeness (QED) is 0.419. The molecule has 2 amide bonds. The molecular weight excluding hydrogens is 432 g/mol. The minimum Gasteiger partial charge on any atom is -0.352 e. The molecule has 0 aromatic heterocycles. The normalized spacial score (nSPS) is 14.6. The molecule has 0 radical (unpaired) electrons. The number of carbonyl (C=O) groups excluding carboxylic acids is 2. The van der Waals surface area contributed by atoms with Crippen molar-refractivity contribution in [2.75, 3.05) is 0 Å². The summed E-state index contributed by atoms with van der Waals surface area (Å²) in [5.41, 5.74) is 4.39. The van der Waals surface area contributed by atoms with Gasteiger partial charge in [-0.3, -0.25) is 9.59 Å². The van der Waals surface area contributed by atoms with Crippen LogP contribution >= 0.6 is 0 Å². The van der Waals surface area contributed by atoms with E-state index < -0.39 is 6.04 Å². The van der Waals surface area contributed by atoms with Crippen molar-refractivity contribution in [2.24, 2.45) is 0 Å². The van der Waals surface area contributed by atoms with E-state index in [2.05, 4.69) is 42.6 Å². The molecule has 1 fully saturated rings. The van der Waals surface area contributed by atoms with Crippen LogP contribution in [0.2, 0.25) is 0 Å². The lowest BCUT2D eigenvalue weighted by Crippen LogP contribution is -2.50. The molecule has 1 saturated carbocycles. The van der Waals surface area contributed by atoms with Gasteiger partial charge in [-0.15, -0.1) is 0 Å². The molecule has 3 aromatic rings. The van der Waals surface area contributed by atoms with Gasteiger partial charge in [0.1, 0.15) is 6.04 Å². The van der Waals surface area contributed by atoms with E-state index in [1.54, 1.807) is 4.90 Å². The molecule has 0 spiro atoms. The average molecular weight is 469 g/mol. The number of aryl methyl sites for hydroxylation is 1. The number of amides is 2. The number of benzene rings is 3. The first-order valence-corrected chi connectivity index (χ1v) is 12.8. The molecule has 3 aromatic carbocycles. The first-order chi connectivity index (χ1) is 17.0. The van der Waals surface area contributed by atoms with Crippen LogP contribution in [0.25, 0.3) is 0 Å². The van der Waals surface area contributed by atoms with Crippen LogP contribution < -0.4 is 5.32 Å². The Balaban J connectivity index is 1.61. The number of hydrogen-bond acceptors (Lipinski definition) is 2. The molecule has 1 aliphatic carbocycles. The molecule has 4 heteroatoms. The minimum absolute atomic E-state index is 0.0139. The van der Waals surface area contributed by atoms with Crippen LogP contribution in [-0.2, 0) is 16.1 Å². The van der Waals surface area contributed by atoms with Crippen molar-refractivity contribution < 1.29 is 9.59 Å². The van der Waals surface area contributed by atoms with Crippen molar-refractivity contribution in [3.8, 4) is 0 Å². The first-order valence-electron chi connectivity index (χ1n) is 12.8. The molecule has 0 bridgehead atoms. The van der Waals surface area contributed by atoms with E-state index in [0.717, 1.165) is 47.9 Å². The average Bonchev–Trinajstić information content (AvgIpc) is 3.40. The summed E-state index contributed by atoms with van der Waals surface area (Å²) in [4.78, 5) is 29.0. The Morgan fingerprint density at radius 1 is 0.857 bits per heavy atom. The van der Waals surface area contributed by atoms with Crippen molar-refractivity contribution >= 4 is 11.8 Å². The van der Waals surface area contributed by atoms with Gasteiger partial charge in [0.05, 0.1) is 0 Å². The van der Waals surface area contributed by atoms with Crippen LogP contribution in [-0.4, -0.2) is 28.8 Å². The predicted octanol–water partition coefficient (Wildman–Crippen LogP) is 5.99. The van der Waals surface area contributed by atoms with E-state index in [1.807, 2.05) is 61.5 Å². The standard InChI is InChI=1S/C31H36N2O2/c1-23-13-9-10-18-27(23)22-33(24(2)31(35)32-28-19-11-12-20-28)30(34)21-29(25-14-5-3-6-15-25)26-16-7-4-8-17-26/h3-10,13-18,24,28-29H,11-12,19-22H2,1-2H3,(H,32,35)/t24-/m0/s1. The fraction of sp³-hybridized carbons (Fsp3) is 0.355. The number of nitrogens with one attached hydrogen (secondary N) is 1. The van der Waals surface area contributed by atoms with Gasteiger partial charge in [0.2, 0.25) is 11.8 Å².